The maximum atomic E-state index is 12.1. The van der Waals surface area contributed by atoms with E-state index in [2.05, 4.69) is 15.0 Å². The Hall–Kier alpha value is -3.27. The van der Waals surface area contributed by atoms with Gasteiger partial charge in [0.15, 0.2) is 0 Å². The fraction of sp³-hybridized carbons (Fsp3) is 0.0625. The molecule has 1 heterocycles. The molecule has 1 N–H and O–H groups in total. The predicted octanol–water partition coefficient (Wildman–Crippen LogP) is 3.23. The Kier molecular flexibility index (Phi) is 5.36. The number of alkyl halides is 2. The monoisotopic (exact) mass is 315 g/mol. The summed E-state index contributed by atoms with van der Waals surface area (Å²) in [6.45, 7) is -2.91. The van der Waals surface area contributed by atoms with Crippen LogP contribution in [0, 0.1) is 11.3 Å². The minimum Gasteiger partial charge on any atom is -0.435 e. The molecule has 0 aliphatic rings. The second-order valence-corrected chi connectivity index (χ2v) is 4.31. The van der Waals surface area contributed by atoms with Crippen LogP contribution < -0.4 is 10.1 Å². The van der Waals surface area contributed by atoms with Crippen LogP contribution in [0.1, 0.15) is 5.56 Å². The van der Waals surface area contributed by atoms with Gasteiger partial charge >= 0.3 is 6.61 Å². The number of rotatable bonds is 5. The van der Waals surface area contributed by atoms with Crippen molar-refractivity contribution >= 4 is 17.7 Å². The Morgan fingerprint density at radius 1 is 1.30 bits per heavy atom. The van der Waals surface area contributed by atoms with Crippen molar-refractivity contribution < 1.29 is 18.3 Å². The highest BCUT2D eigenvalue weighted by molar-refractivity contribution is 6.09. The molecule has 2 aromatic rings. The first kappa shape index (κ1) is 16.1. The summed E-state index contributed by atoms with van der Waals surface area (Å²) in [4.78, 5) is 15.9. The molecule has 0 aliphatic carbocycles. The summed E-state index contributed by atoms with van der Waals surface area (Å²) in [6, 6.07) is 10.7. The number of halogens is 2. The van der Waals surface area contributed by atoms with Crippen LogP contribution in [0.25, 0.3) is 6.08 Å². The van der Waals surface area contributed by atoms with Gasteiger partial charge in [-0.15, -0.1) is 0 Å². The standard InChI is InChI=1S/C16H11F2N3O2/c17-16(18)23-14-5-3-11(4-6-14)8-12(9-19)15(22)21-13-2-1-7-20-10-13/h1-8,10,16H,(H,21,22). The number of carbonyl (C=O) groups is 1. The quantitative estimate of drug-likeness (QED) is 0.679. The minimum atomic E-state index is -2.91. The first-order valence-electron chi connectivity index (χ1n) is 6.46. The van der Waals surface area contributed by atoms with Gasteiger partial charge in [-0.3, -0.25) is 9.78 Å². The van der Waals surface area contributed by atoms with E-state index in [1.165, 1.54) is 36.5 Å². The zero-order valence-corrected chi connectivity index (χ0v) is 11.7. The van der Waals surface area contributed by atoms with Crippen molar-refractivity contribution in [3.8, 4) is 11.8 Å². The van der Waals surface area contributed by atoms with E-state index in [4.69, 9.17) is 5.26 Å². The summed E-state index contributed by atoms with van der Waals surface area (Å²) in [5, 5.41) is 11.6. The zero-order valence-electron chi connectivity index (χ0n) is 11.7. The van der Waals surface area contributed by atoms with Gasteiger partial charge in [0, 0.05) is 6.20 Å². The molecule has 1 aromatic heterocycles. The van der Waals surface area contributed by atoms with Gasteiger partial charge < -0.3 is 10.1 Å². The van der Waals surface area contributed by atoms with E-state index in [9.17, 15) is 13.6 Å². The van der Waals surface area contributed by atoms with E-state index in [0.29, 0.717) is 11.3 Å². The topological polar surface area (TPSA) is 75.0 Å². The fourth-order valence-corrected chi connectivity index (χ4v) is 1.70. The molecule has 7 heteroatoms. The summed E-state index contributed by atoms with van der Waals surface area (Å²) in [7, 11) is 0. The van der Waals surface area contributed by atoms with E-state index < -0.39 is 12.5 Å². The molecule has 2 rings (SSSR count). The van der Waals surface area contributed by atoms with Crippen LogP contribution in [-0.4, -0.2) is 17.5 Å². The molecule has 0 saturated heterocycles. The van der Waals surface area contributed by atoms with Crippen molar-refractivity contribution in [3.63, 3.8) is 0 Å². The molecule has 0 fully saturated rings. The Morgan fingerprint density at radius 3 is 2.61 bits per heavy atom. The van der Waals surface area contributed by atoms with Gasteiger partial charge in [-0.1, -0.05) is 12.1 Å². The highest BCUT2D eigenvalue weighted by Gasteiger charge is 2.10. The summed E-state index contributed by atoms with van der Waals surface area (Å²) >= 11 is 0. The van der Waals surface area contributed by atoms with Crippen LogP contribution in [-0.2, 0) is 4.79 Å². The van der Waals surface area contributed by atoms with Gasteiger partial charge in [0.05, 0.1) is 11.9 Å². The number of ether oxygens (including phenoxy) is 1. The molecule has 116 valence electrons. The second kappa shape index (κ2) is 7.66. The number of pyridine rings is 1. The van der Waals surface area contributed by atoms with Crippen molar-refractivity contribution in [2.75, 3.05) is 5.32 Å². The zero-order chi connectivity index (χ0) is 16.7. The molecule has 0 radical (unpaired) electrons. The number of aromatic nitrogens is 1. The van der Waals surface area contributed by atoms with Crippen molar-refractivity contribution in [3.05, 3.63) is 59.9 Å². The molecular weight excluding hydrogens is 304 g/mol. The van der Waals surface area contributed by atoms with E-state index in [0.717, 1.165) is 0 Å². The second-order valence-electron chi connectivity index (χ2n) is 4.31. The van der Waals surface area contributed by atoms with E-state index in [1.807, 2.05) is 0 Å². The molecule has 0 saturated carbocycles. The smallest absolute Gasteiger partial charge is 0.387 e. The van der Waals surface area contributed by atoms with Gasteiger partial charge in [-0.2, -0.15) is 14.0 Å². The van der Waals surface area contributed by atoms with Gasteiger partial charge in [0.2, 0.25) is 0 Å². The summed E-state index contributed by atoms with van der Waals surface area (Å²) in [5.74, 6) is -0.594. The molecule has 0 unspecified atom stereocenters. The Balaban J connectivity index is 2.12. The Bertz CT molecular complexity index is 738. The molecule has 1 amide bonds. The van der Waals surface area contributed by atoms with Crippen molar-refractivity contribution in [1.82, 2.24) is 4.98 Å². The average Bonchev–Trinajstić information content (AvgIpc) is 2.54. The van der Waals surface area contributed by atoms with Crippen LogP contribution >= 0.6 is 0 Å². The summed E-state index contributed by atoms with van der Waals surface area (Å²) in [5.41, 5.74) is 0.834. The number of nitriles is 1. The molecule has 0 bridgehead atoms. The van der Waals surface area contributed by atoms with Crippen molar-refractivity contribution in [1.29, 1.82) is 5.26 Å². The van der Waals surface area contributed by atoms with Gasteiger partial charge in [-0.25, -0.2) is 0 Å². The number of nitrogens with one attached hydrogen (secondary N) is 1. The predicted molar refractivity (Wildman–Crippen MR) is 79.5 cm³/mol. The normalized spacial score (nSPS) is 11.0. The van der Waals surface area contributed by atoms with E-state index >= 15 is 0 Å². The third-order valence-electron chi connectivity index (χ3n) is 2.70. The van der Waals surface area contributed by atoms with E-state index in [1.54, 1.807) is 24.4 Å². The maximum absolute atomic E-state index is 12.1. The third-order valence-corrected chi connectivity index (χ3v) is 2.70. The van der Waals surface area contributed by atoms with Crippen molar-refractivity contribution in [2.24, 2.45) is 0 Å². The molecule has 0 spiro atoms. The number of carbonyl (C=O) groups excluding carboxylic acids is 1. The van der Waals surface area contributed by atoms with Crippen LogP contribution in [0.2, 0.25) is 0 Å². The number of anilines is 1. The van der Waals surface area contributed by atoms with Gasteiger partial charge in [0.25, 0.3) is 5.91 Å². The lowest BCUT2D eigenvalue weighted by Gasteiger charge is -2.05. The number of benzene rings is 1. The lowest BCUT2D eigenvalue weighted by Crippen LogP contribution is -2.13. The van der Waals surface area contributed by atoms with Crippen LogP contribution in [0.3, 0.4) is 0 Å². The molecule has 1 aromatic carbocycles. The highest BCUT2D eigenvalue weighted by atomic mass is 19.3. The molecule has 0 atom stereocenters. The first-order chi connectivity index (χ1) is 11.1. The average molecular weight is 315 g/mol. The molecule has 5 nitrogen and oxygen atoms in total. The Labute approximate surface area is 130 Å². The highest BCUT2D eigenvalue weighted by Crippen LogP contribution is 2.17. The van der Waals surface area contributed by atoms with Crippen molar-refractivity contribution in [2.45, 2.75) is 6.61 Å². The first-order valence-corrected chi connectivity index (χ1v) is 6.46. The van der Waals surface area contributed by atoms with Crippen LogP contribution in [0.4, 0.5) is 14.5 Å². The van der Waals surface area contributed by atoms with E-state index in [-0.39, 0.29) is 11.3 Å². The number of amides is 1. The van der Waals surface area contributed by atoms with Crippen LogP contribution in [0.15, 0.2) is 54.4 Å². The lowest BCUT2D eigenvalue weighted by atomic mass is 10.1. The lowest BCUT2D eigenvalue weighted by molar-refractivity contribution is -0.112. The molecular formula is C16H11F2N3O2. The fourth-order valence-electron chi connectivity index (χ4n) is 1.70. The Morgan fingerprint density at radius 2 is 2.04 bits per heavy atom. The number of nitrogens with zero attached hydrogens (tertiary/aromatic N) is 2. The summed E-state index contributed by atoms with van der Waals surface area (Å²) < 4.78 is 28.3. The summed E-state index contributed by atoms with van der Waals surface area (Å²) in [6.07, 6.45) is 4.35. The third kappa shape index (κ3) is 4.89. The van der Waals surface area contributed by atoms with Crippen LogP contribution in [0.5, 0.6) is 5.75 Å². The number of hydrogen-bond donors (Lipinski definition) is 1. The minimum absolute atomic E-state index is 0.00420. The van der Waals surface area contributed by atoms with Gasteiger partial charge in [-0.05, 0) is 35.9 Å². The SMILES string of the molecule is N#CC(=Cc1ccc(OC(F)F)cc1)C(=O)Nc1cccnc1. The van der Waals surface area contributed by atoms with Gasteiger partial charge in [0.1, 0.15) is 17.4 Å². The molecule has 0 aliphatic heterocycles. The largest absolute Gasteiger partial charge is 0.435 e. The molecule has 23 heavy (non-hydrogen) atoms. The number of hydrogen-bond acceptors (Lipinski definition) is 4. The maximum Gasteiger partial charge on any atom is 0.387 e.